The Labute approximate surface area is 159 Å². The molecule has 0 unspecified atom stereocenters. The molecule has 0 spiro atoms. The van der Waals surface area contributed by atoms with Gasteiger partial charge in [0, 0.05) is 10.0 Å². The molecule has 1 atom stereocenters. The molecule has 9 heteroatoms. The Balaban J connectivity index is 1.53. The second-order valence-electron chi connectivity index (χ2n) is 5.49. The van der Waals surface area contributed by atoms with Crippen molar-refractivity contribution in [2.45, 2.75) is 13.0 Å². The lowest BCUT2D eigenvalue weighted by atomic mass is 10.1. The fraction of sp³-hybridized carbons (Fsp3) is 0.176. The van der Waals surface area contributed by atoms with Gasteiger partial charge < -0.3 is 10.1 Å². The number of carbonyl (C=O) groups excluding carboxylic acids is 1. The van der Waals surface area contributed by atoms with E-state index >= 15 is 0 Å². The van der Waals surface area contributed by atoms with E-state index in [1.54, 1.807) is 42.5 Å². The molecule has 3 rings (SSSR count). The fourth-order valence-corrected chi connectivity index (χ4v) is 2.91. The third kappa shape index (κ3) is 4.50. The van der Waals surface area contributed by atoms with Gasteiger partial charge in [0.1, 0.15) is 12.1 Å². The summed E-state index contributed by atoms with van der Waals surface area (Å²) >= 11 is 12.0. The molecule has 0 saturated carbocycles. The summed E-state index contributed by atoms with van der Waals surface area (Å²) in [5, 5.41) is 14.8. The number of hydrogen-bond donors (Lipinski definition) is 1. The first-order valence-electron chi connectivity index (χ1n) is 7.73. The molecule has 0 saturated heterocycles. The number of hydrogen-bond acceptors (Lipinski definition) is 5. The summed E-state index contributed by atoms with van der Waals surface area (Å²) in [5.41, 5.74) is 1.58. The van der Waals surface area contributed by atoms with Crippen LogP contribution in [0.25, 0.3) is 5.69 Å². The highest BCUT2D eigenvalue weighted by Crippen LogP contribution is 2.26. The molecule has 0 bridgehead atoms. The number of rotatable bonds is 6. The summed E-state index contributed by atoms with van der Waals surface area (Å²) in [7, 11) is 0. The number of aromatic nitrogens is 4. The molecule has 134 valence electrons. The van der Waals surface area contributed by atoms with Crippen molar-refractivity contribution in [2.24, 2.45) is 0 Å². The van der Waals surface area contributed by atoms with E-state index in [9.17, 15) is 4.79 Å². The van der Waals surface area contributed by atoms with Gasteiger partial charge >= 0.3 is 0 Å². The molecular weight excluding hydrogens is 377 g/mol. The summed E-state index contributed by atoms with van der Waals surface area (Å²) in [6.45, 7) is 1.73. The molecule has 0 radical (unpaired) electrons. The van der Waals surface area contributed by atoms with E-state index in [0.29, 0.717) is 15.8 Å². The Morgan fingerprint density at radius 2 is 2.00 bits per heavy atom. The quantitative estimate of drug-likeness (QED) is 0.697. The highest BCUT2D eigenvalue weighted by Gasteiger charge is 2.13. The highest BCUT2D eigenvalue weighted by molar-refractivity contribution is 6.35. The summed E-state index contributed by atoms with van der Waals surface area (Å²) in [5.74, 6) is 0.308. The standard InChI is InChI=1S/C17H15Cl2N5O2/c1-11(15-7-2-12(18)8-16(15)19)21-17(25)9-26-14-5-3-13(4-6-14)24-10-20-22-23-24/h2-8,10-11H,9H2,1H3,(H,21,25)/t11-/m1/s1. The first-order valence-corrected chi connectivity index (χ1v) is 8.49. The Hall–Kier alpha value is -2.64. The zero-order valence-electron chi connectivity index (χ0n) is 13.8. The SMILES string of the molecule is C[C@@H](NC(=O)COc1ccc(-n2cnnn2)cc1)c1ccc(Cl)cc1Cl. The maximum Gasteiger partial charge on any atom is 0.258 e. The van der Waals surface area contributed by atoms with Crippen LogP contribution < -0.4 is 10.1 Å². The van der Waals surface area contributed by atoms with Crippen LogP contribution in [-0.2, 0) is 4.79 Å². The predicted molar refractivity (Wildman–Crippen MR) is 97.7 cm³/mol. The van der Waals surface area contributed by atoms with E-state index in [0.717, 1.165) is 11.3 Å². The maximum atomic E-state index is 12.1. The van der Waals surface area contributed by atoms with E-state index in [4.69, 9.17) is 27.9 Å². The smallest absolute Gasteiger partial charge is 0.258 e. The van der Waals surface area contributed by atoms with Crippen molar-refractivity contribution >= 4 is 29.1 Å². The van der Waals surface area contributed by atoms with Gasteiger partial charge in [-0.1, -0.05) is 29.3 Å². The highest BCUT2D eigenvalue weighted by atomic mass is 35.5. The molecule has 0 aliphatic heterocycles. The average molecular weight is 392 g/mol. The van der Waals surface area contributed by atoms with Gasteiger partial charge in [0.15, 0.2) is 6.61 Å². The summed E-state index contributed by atoms with van der Waals surface area (Å²) in [6, 6.07) is 12.0. The molecule has 2 aromatic carbocycles. The van der Waals surface area contributed by atoms with Crippen LogP contribution in [-0.4, -0.2) is 32.7 Å². The van der Waals surface area contributed by atoms with E-state index in [2.05, 4.69) is 20.8 Å². The van der Waals surface area contributed by atoms with Crippen LogP contribution in [0.2, 0.25) is 10.0 Å². The first-order chi connectivity index (χ1) is 12.5. The van der Waals surface area contributed by atoms with E-state index in [1.165, 1.54) is 11.0 Å². The average Bonchev–Trinajstić information content (AvgIpc) is 3.15. The molecule has 3 aromatic rings. The van der Waals surface area contributed by atoms with Crippen molar-refractivity contribution < 1.29 is 9.53 Å². The Bertz CT molecular complexity index is 885. The largest absolute Gasteiger partial charge is 0.484 e. The van der Waals surface area contributed by atoms with Crippen molar-refractivity contribution in [3.63, 3.8) is 0 Å². The molecule has 7 nitrogen and oxygen atoms in total. The second kappa shape index (κ2) is 8.16. The van der Waals surface area contributed by atoms with Crippen molar-refractivity contribution in [3.05, 3.63) is 64.4 Å². The van der Waals surface area contributed by atoms with Gasteiger partial charge in [0.2, 0.25) is 0 Å². The van der Waals surface area contributed by atoms with Gasteiger partial charge in [-0.25, -0.2) is 4.68 Å². The molecule has 1 N–H and O–H groups in total. The number of nitrogens with one attached hydrogen (secondary N) is 1. The number of nitrogens with zero attached hydrogens (tertiary/aromatic N) is 4. The first kappa shape index (κ1) is 18.2. The summed E-state index contributed by atoms with van der Waals surface area (Å²) in [4.78, 5) is 12.1. The maximum absolute atomic E-state index is 12.1. The van der Waals surface area contributed by atoms with Crippen LogP contribution in [0.1, 0.15) is 18.5 Å². The Kier molecular flexibility index (Phi) is 5.70. The van der Waals surface area contributed by atoms with Gasteiger partial charge in [-0.2, -0.15) is 0 Å². The van der Waals surface area contributed by atoms with Crippen LogP contribution in [0.15, 0.2) is 48.8 Å². The molecule has 1 heterocycles. The van der Waals surface area contributed by atoms with Crippen LogP contribution in [0.3, 0.4) is 0 Å². The molecule has 0 fully saturated rings. The third-order valence-corrected chi connectivity index (χ3v) is 4.19. The van der Waals surface area contributed by atoms with Gasteiger partial charge in [0.05, 0.1) is 11.7 Å². The van der Waals surface area contributed by atoms with Crippen LogP contribution >= 0.6 is 23.2 Å². The van der Waals surface area contributed by atoms with Crippen LogP contribution in [0, 0.1) is 0 Å². The van der Waals surface area contributed by atoms with Crippen molar-refractivity contribution in [2.75, 3.05) is 6.61 Å². The third-order valence-electron chi connectivity index (χ3n) is 3.63. The second-order valence-corrected chi connectivity index (χ2v) is 6.34. The minimum absolute atomic E-state index is 0.111. The van der Waals surface area contributed by atoms with E-state index in [-0.39, 0.29) is 18.6 Å². The number of amides is 1. The normalized spacial score (nSPS) is 11.8. The van der Waals surface area contributed by atoms with E-state index < -0.39 is 0 Å². The molecule has 26 heavy (non-hydrogen) atoms. The van der Waals surface area contributed by atoms with Gasteiger partial charge in [-0.15, -0.1) is 5.10 Å². The summed E-state index contributed by atoms with van der Waals surface area (Å²) in [6.07, 6.45) is 1.49. The molecule has 1 aromatic heterocycles. The van der Waals surface area contributed by atoms with Crippen molar-refractivity contribution in [3.8, 4) is 11.4 Å². The fourth-order valence-electron chi connectivity index (χ4n) is 2.34. The molecular formula is C17H15Cl2N5O2. The monoisotopic (exact) mass is 391 g/mol. The zero-order valence-corrected chi connectivity index (χ0v) is 15.3. The lowest BCUT2D eigenvalue weighted by molar-refractivity contribution is -0.123. The number of tetrazole rings is 1. The van der Waals surface area contributed by atoms with Crippen molar-refractivity contribution in [1.82, 2.24) is 25.5 Å². The number of benzene rings is 2. The number of carbonyl (C=O) groups is 1. The topological polar surface area (TPSA) is 81.9 Å². The van der Waals surface area contributed by atoms with Crippen LogP contribution in [0.5, 0.6) is 5.75 Å². The Morgan fingerprint density at radius 3 is 2.65 bits per heavy atom. The zero-order chi connectivity index (χ0) is 18.5. The number of halogens is 2. The van der Waals surface area contributed by atoms with E-state index in [1.807, 2.05) is 6.92 Å². The van der Waals surface area contributed by atoms with Gasteiger partial charge in [-0.05, 0) is 59.3 Å². The lowest BCUT2D eigenvalue weighted by Gasteiger charge is -2.16. The lowest BCUT2D eigenvalue weighted by Crippen LogP contribution is -2.31. The predicted octanol–water partition coefficient (Wildman–Crippen LogP) is 3.23. The van der Waals surface area contributed by atoms with Gasteiger partial charge in [-0.3, -0.25) is 4.79 Å². The minimum atomic E-state index is -0.266. The summed E-state index contributed by atoms with van der Waals surface area (Å²) < 4.78 is 7.02. The molecule has 0 aliphatic carbocycles. The molecule has 1 amide bonds. The van der Waals surface area contributed by atoms with Gasteiger partial charge in [0.25, 0.3) is 5.91 Å². The van der Waals surface area contributed by atoms with Crippen LogP contribution in [0.4, 0.5) is 0 Å². The minimum Gasteiger partial charge on any atom is -0.484 e. The molecule has 0 aliphatic rings. The number of ether oxygens (including phenoxy) is 1. The van der Waals surface area contributed by atoms with Crippen molar-refractivity contribution in [1.29, 1.82) is 0 Å². The Morgan fingerprint density at radius 1 is 1.23 bits per heavy atom.